The highest BCUT2D eigenvalue weighted by Gasteiger charge is 2.38. The summed E-state index contributed by atoms with van der Waals surface area (Å²) in [6.45, 7) is 12.0. The number of benzene rings is 2. The summed E-state index contributed by atoms with van der Waals surface area (Å²) >= 11 is 0. The first-order valence-corrected chi connectivity index (χ1v) is 12.6. The Balaban J connectivity index is 2.06. The summed E-state index contributed by atoms with van der Waals surface area (Å²) in [5.41, 5.74) is 1.21. The Morgan fingerprint density at radius 1 is 1.12 bits per heavy atom. The summed E-state index contributed by atoms with van der Waals surface area (Å²) in [6.07, 6.45) is -0.966. The van der Waals surface area contributed by atoms with Gasteiger partial charge in [0.25, 0.3) is 15.9 Å². The van der Waals surface area contributed by atoms with Crippen molar-refractivity contribution in [1.82, 2.24) is 5.32 Å². The molecule has 1 aliphatic heterocycles. The largest absolute Gasteiger partial charge is 0.497 e. The van der Waals surface area contributed by atoms with E-state index in [1.165, 1.54) is 23.5 Å². The maximum absolute atomic E-state index is 13.7. The Bertz CT molecular complexity index is 1100. The van der Waals surface area contributed by atoms with Gasteiger partial charge in [-0.15, -0.1) is 0 Å². The molecule has 7 nitrogen and oxygen atoms in total. The highest BCUT2D eigenvalue weighted by molar-refractivity contribution is 7.92. The maximum Gasteiger partial charge on any atom is 0.264 e. The van der Waals surface area contributed by atoms with Gasteiger partial charge < -0.3 is 14.8 Å². The van der Waals surface area contributed by atoms with Crippen LogP contribution in [0.5, 0.6) is 11.5 Å². The molecule has 8 heteroatoms. The normalized spacial score (nSPS) is 17.2. The van der Waals surface area contributed by atoms with E-state index in [2.05, 4.69) is 26.1 Å². The van der Waals surface area contributed by atoms with Crippen LogP contribution in [0.2, 0.25) is 0 Å². The van der Waals surface area contributed by atoms with Gasteiger partial charge in [0.05, 0.1) is 24.2 Å². The van der Waals surface area contributed by atoms with E-state index in [1.807, 2.05) is 32.9 Å². The first-order chi connectivity index (χ1) is 15.3. The number of anilines is 1. The van der Waals surface area contributed by atoms with Crippen LogP contribution in [-0.2, 0) is 20.2 Å². The molecule has 0 bridgehead atoms. The number of rotatable bonds is 6. The number of carbonyl (C=O) groups is 1. The van der Waals surface area contributed by atoms with Crippen LogP contribution in [0.4, 0.5) is 5.69 Å². The number of nitrogens with zero attached hydrogens (tertiary/aromatic N) is 1. The van der Waals surface area contributed by atoms with Gasteiger partial charge in [0.1, 0.15) is 11.5 Å². The van der Waals surface area contributed by atoms with Crippen LogP contribution in [0, 0.1) is 5.92 Å². The van der Waals surface area contributed by atoms with E-state index in [0.717, 1.165) is 5.56 Å². The number of amides is 1. The lowest BCUT2D eigenvalue weighted by atomic mass is 9.86. The quantitative estimate of drug-likeness (QED) is 0.681. The van der Waals surface area contributed by atoms with E-state index in [0.29, 0.717) is 17.2 Å². The minimum absolute atomic E-state index is 0.0718. The SMILES string of the molecule is COc1ccc(S(=O)(=O)N2C[C@@H](C(=O)N[C@H](C)C(C)C)Oc3ccc(C(C)(C)C)cc32)cc1. The zero-order chi connectivity index (χ0) is 24.6. The summed E-state index contributed by atoms with van der Waals surface area (Å²) < 4.78 is 39.9. The fourth-order valence-corrected chi connectivity index (χ4v) is 4.91. The fraction of sp³-hybridized carbons (Fsp3) is 0.480. The minimum Gasteiger partial charge on any atom is -0.497 e. The third-order valence-corrected chi connectivity index (χ3v) is 7.80. The van der Waals surface area contributed by atoms with Crippen LogP contribution in [0.25, 0.3) is 0 Å². The second-order valence-electron chi connectivity index (χ2n) is 9.79. The molecule has 0 spiro atoms. The highest BCUT2D eigenvalue weighted by atomic mass is 32.2. The molecule has 0 aliphatic carbocycles. The van der Waals surface area contributed by atoms with Gasteiger partial charge in [-0.1, -0.05) is 40.7 Å². The van der Waals surface area contributed by atoms with Gasteiger partial charge in [-0.25, -0.2) is 8.42 Å². The lowest BCUT2D eigenvalue weighted by Crippen LogP contribution is -2.52. The number of fused-ring (bicyclic) bond motifs is 1. The molecule has 0 saturated carbocycles. The topological polar surface area (TPSA) is 84.9 Å². The fourth-order valence-electron chi connectivity index (χ4n) is 3.44. The first-order valence-electron chi connectivity index (χ1n) is 11.1. The van der Waals surface area contributed by atoms with Gasteiger partial charge in [-0.05, 0) is 60.2 Å². The average Bonchev–Trinajstić information content (AvgIpc) is 2.77. The maximum atomic E-state index is 13.7. The second kappa shape index (κ2) is 9.25. The van der Waals surface area contributed by atoms with Crippen LogP contribution in [0.3, 0.4) is 0 Å². The van der Waals surface area contributed by atoms with Crippen LogP contribution in [0.1, 0.15) is 47.1 Å². The number of hydrogen-bond donors (Lipinski definition) is 1. The Labute approximate surface area is 197 Å². The van der Waals surface area contributed by atoms with E-state index < -0.39 is 16.1 Å². The smallest absolute Gasteiger partial charge is 0.264 e. The monoisotopic (exact) mass is 474 g/mol. The van der Waals surface area contributed by atoms with Crippen molar-refractivity contribution in [2.45, 2.75) is 64.0 Å². The van der Waals surface area contributed by atoms with Gasteiger partial charge >= 0.3 is 0 Å². The van der Waals surface area contributed by atoms with Crippen molar-refractivity contribution in [3.63, 3.8) is 0 Å². The highest BCUT2D eigenvalue weighted by Crippen LogP contribution is 2.40. The summed E-state index contributed by atoms with van der Waals surface area (Å²) in [5, 5.41) is 2.94. The summed E-state index contributed by atoms with van der Waals surface area (Å²) in [6, 6.07) is 11.6. The van der Waals surface area contributed by atoms with Crippen molar-refractivity contribution in [3.8, 4) is 11.5 Å². The molecule has 0 unspecified atom stereocenters. The van der Waals surface area contributed by atoms with Crippen molar-refractivity contribution < 1.29 is 22.7 Å². The number of ether oxygens (including phenoxy) is 2. The van der Waals surface area contributed by atoms with Crippen LogP contribution in [-0.4, -0.2) is 40.1 Å². The van der Waals surface area contributed by atoms with Crippen molar-refractivity contribution in [1.29, 1.82) is 0 Å². The third-order valence-electron chi connectivity index (χ3n) is 6.00. The molecule has 2 aromatic rings. The molecule has 1 heterocycles. The predicted octanol–water partition coefficient (Wildman–Crippen LogP) is 4.11. The van der Waals surface area contributed by atoms with Gasteiger partial charge in [-0.2, -0.15) is 0 Å². The molecule has 2 atom stereocenters. The number of sulfonamides is 1. The molecule has 33 heavy (non-hydrogen) atoms. The molecule has 3 rings (SSSR count). The van der Waals surface area contributed by atoms with Crippen molar-refractivity contribution >= 4 is 21.6 Å². The number of methoxy groups -OCH3 is 1. The summed E-state index contributed by atoms with van der Waals surface area (Å²) in [7, 11) is -2.43. The Morgan fingerprint density at radius 2 is 1.76 bits per heavy atom. The van der Waals surface area contributed by atoms with Crippen molar-refractivity contribution in [2.75, 3.05) is 18.0 Å². The molecule has 0 radical (unpaired) electrons. The first kappa shape index (κ1) is 24.9. The van der Waals surface area contributed by atoms with Crippen LogP contribution < -0.4 is 19.1 Å². The van der Waals surface area contributed by atoms with Gasteiger partial charge in [0.15, 0.2) is 6.10 Å². The zero-order valence-electron chi connectivity index (χ0n) is 20.4. The second-order valence-corrected chi connectivity index (χ2v) is 11.7. The molecule has 1 aliphatic rings. The molecule has 0 aromatic heterocycles. The van der Waals surface area contributed by atoms with E-state index >= 15 is 0 Å². The molecule has 180 valence electrons. The van der Waals surface area contributed by atoms with E-state index in [-0.39, 0.29) is 34.7 Å². The standard InChI is InChI=1S/C25H34N2O5S/c1-16(2)17(3)26-24(28)23-15-27(33(29,30)20-11-9-19(31-7)10-12-20)21-14-18(25(4,5)6)8-13-22(21)32-23/h8-14,16-17,23H,15H2,1-7H3,(H,26,28)/t17-,23+/m1/s1. The molecular formula is C25H34N2O5S. The third kappa shape index (κ3) is 5.27. The van der Waals surface area contributed by atoms with Crippen LogP contribution in [0.15, 0.2) is 47.4 Å². The van der Waals surface area contributed by atoms with E-state index in [9.17, 15) is 13.2 Å². The molecule has 1 N–H and O–H groups in total. The molecular weight excluding hydrogens is 440 g/mol. The summed E-state index contributed by atoms with van der Waals surface area (Å²) in [5.74, 6) is 0.824. The van der Waals surface area contributed by atoms with E-state index in [1.54, 1.807) is 18.2 Å². The predicted molar refractivity (Wildman–Crippen MR) is 130 cm³/mol. The van der Waals surface area contributed by atoms with Gasteiger partial charge in [0.2, 0.25) is 0 Å². The number of hydrogen-bond acceptors (Lipinski definition) is 5. The lowest BCUT2D eigenvalue weighted by molar-refractivity contribution is -0.128. The minimum atomic E-state index is -3.96. The average molecular weight is 475 g/mol. The summed E-state index contributed by atoms with van der Waals surface area (Å²) in [4.78, 5) is 13.1. The van der Waals surface area contributed by atoms with Crippen molar-refractivity contribution in [3.05, 3.63) is 48.0 Å². The Hall–Kier alpha value is -2.74. The Kier molecular flexibility index (Phi) is 6.98. The molecule has 0 saturated heterocycles. The number of carbonyl (C=O) groups excluding carboxylic acids is 1. The van der Waals surface area contributed by atoms with Gasteiger partial charge in [0, 0.05) is 6.04 Å². The van der Waals surface area contributed by atoms with Crippen LogP contribution >= 0.6 is 0 Å². The lowest BCUT2D eigenvalue weighted by Gasteiger charge is -2.36. The molecule has 1 amide bonds. The van der Waals surface area contributed by atoms with Crippen molar-refractivity contribution in [2.24, 2.45) is 5.92 Å². The zero-order valence-corrected chi connectivity index (χ0v) is 21.2. The number of nitrogens with one attached hydrogen (secondary N) is 1. The molecule has 0 fully saturated rings. The van der Waals surface area contributed by atoms with Gasteiger partial charge in [-0.3, -0.25) is 9.10 Å². The van der Waals surface area contributed by atoms with E-state index in [4.69, 9.17) is 9.47 Å². The molecule has 2 aromatic carbocycles. The Morgan fingerprint density at radius 3 is 2.30 bits per heavy atom.